The number of nitro benzene ring substituents is 1. The molecule has 1 aromatic carbocycles. The zero-order chi connectivity index (χ0) is 15.1. The van der Waals surface area contributed by atoms with E-state index in [1.165, 1.54) is 25.3 Å². The second kappa shape index (κ2) is 7.44. The zero-order valence-corrected chi connectivity index (χ0v) is 11.5. The first-order valence-corrected chi connectivity index (χ1v) is 6.28. The standard InChI is InChI=1S/C13H18N2O5/c1-3-10(16)6-7-14-13(17)11-8-9(15(18)19)4-5-12(11)20-2/h4-5,8,10,16H,3,6-7H2,1-2H3,(H,14,17). The second-order valence-corrected chi connectivity index (χ2v) is 4.25. The normalized spacial score (nSPS) is 11.8. The van der Waals surface area contributed by atoms with Crippen LogP contribution in [0.4, 0.5) is 5.69 Å². The number of carbonyl (C=O) groups excluding carboxylic acids is 1. The Kier molecular flexibility index (Phi) is 5.92. The fourth-order valence-electron chi connectivity index (χ4n) is 1.64. The van der Waals surface area contributed by atoms with Gasteiger partial charge in [-0.05, 0) is 18.9 Å². The fraction of sp³-hybridized carbons (Fsp3) is 0.462. The summed E-state index contributed by atoms with van der Waals surface area (Å²) in [5.41, 5.74) is -0.0720. The number of benzene rings is 1. The van der Waals surface area contributed by atoms with Crippen molar-refractivity contribution in [2.75, 3.05) is 13.7 Å². The van der Waals surface area contributed by atoms with Crippen LogP contribution < -0.4 is 10.1 Å². The van der Waals surface area contributed by atoms with Gasteiger partial charge in [0.25, 0.3) is 11.6 Å². The Morgan fingerprint density at radius 3 is 2.80 bits per heavy atom. The molecule has 110 valence electrons. The average Bonchev–Trinajstić information content (AvgIpc) is 2.45. The van der Waals surface area contributed by atoms with E-state index in [0.717, 1.165) is 0 Å². The van der Waals surface area contributed by atoms with Crippen LogP contribution in [0.5, 0.6) is 5.75 Å². The van der Waals surface area contributed by atoms with Gasteiger partial charge in [0.15, 0.2) is 0 Å². The number of amides is 1. The van der Waals surface area contributed by atoms with E-state index in [1.54, 1.807) is 0 Å². The highest BCUT2D eigenvalue weighted by atomic mass is 16.6. The molecule has 2 N–H and O–H groups in total. The number of methoxy groups -OCH3 is 1. The van der Waals surface area contributed by atoms with E-state index in [1.807, 2.05) is 6.92 Å². The molecule has 0 aromatic heterocycles. The van der Waals surface area contributed by atoms with Gasteiger partial charge < -0.3 is 15.2 Å². The van der Waals surface area contributed by atoms with E-state index in [4.69, 9.17) is 4.74 Å². The molecule has 0 aliphatic heterocycles. The van der Waals surface area contributed by atoms with Crippen molar-refractivity contribution in [3.05, 3.63) is 33.9 Å². The van der Waals surface area contributed by atoms with Crippen molar-refractivity contribution >= 4 is 11.6 Å². The van der Waals surface area contributed by atoms with Crippen LogP contribution in [0.2, 0.25) is 0 Å². The van der Waals surface area contributed by atoms with E-state index in [2.05, 4.69) is 5.32 Å². The highest BCUT2D eigenvalue weighted by Gasteiger charge is 2.17. The van der Waals surface area contributed by atoms with Crippen molar-refractivity contribution in [2.45, 2.75) is 25.9 Å². The number of nitro groups is 1. The third-order valence-electron chi connectivity index (χ3n) is 2.87. The summed E-state index contributed by atoms with van der Waals surface area (Å²) in [4.78, 5) is 22.1. The van der Waals surface area contributed by atoms with E-state index in [-0.39, 0.29) is 17.0 Å². The molecule has 1 rings (SSSR count). The minimum Gasteiger partial charge on any atom is -0.496 e. The number of ether oxygens (including phenoxy) is 1. The van der Waals surface area contributed by atoms with Gasteiger partial charge >= 0.3 is 0 Å². The van der Waals surface area contributed by atoms with Crippen LogP contribution >= 0.6 is 0 Å². The van der Waals surface area contributed by atoms with Gasteiger partial charge in [-0.15, -0.1) is 0 Å². The largest absolute Gasteiger partial charge is 0.496 e. The molecule has 7 nitrogen and oxygen atoms in total. The van der Waals surface area contributed by atoms with Gasteiger partial charge in [0.1, 0.15) is 5.75 Å². The van der Waals surface area contributed by atoms with E-state index in [0.29, 0.717) is 19.4 Å². The number of carbonyl (C=O) groups is 1. The Hall–Kier alpha value is -2.15. The first kappa shape index (κ1) is 15.9. The van der Waals surface area contributed by atoms with Gasteiger partial charge in [-0.25, -0.2) is 0 Å². The average molecular weight is 282 g/mol. The topological polar surface area (TPSA) is 102 Å². The molecular weight excluding hydrogens is 264 g/mol. The zero-order valence-electron chi connectivity index (χ0n) is 11.5. The lowest BCUT2D eigenvalue weighted by atomic mass is 10.1. The molecule has 20 heavy (non-hydrogen) atoms. The molecule has 0 saturated carbocycles. The highest BCUT2D eigenvalue weighted by Crippen LogP contribution is 2.23. The predicted molar refractivity (Wildman–Crippen MR) is 72.9 cm³/mol. The van der Waals surface area contributed by atoms with Crippen molar-refractivity contribution in [1.29, 1.82) is 0 Å². The number of nitrogens with one attached hydrogen (secondary N) is 1. The maximum absolute atomic E-state index is 12.0. The summed E-state index contributed by atoms with van der Waals surface area (Å²) in [6.07, 6.45) is 0.567. The number of hydrogen-bond acceptors (Lipinski definition) is 5. The van der Waals surface area contributed by atoms with Gasteiger partial charge in [0, 0.05) is 18.7 Å². The van der Waals surface area contributed by atoms with Gasteiger partial charge in [-0.1, -0.05) is 6.92 Å². The smallest absolute Gasteiger partial charge is 0.270 e. The highest BCUT2D eigenvalue weighted by molar-refractivity contribution is 5.97. The number of aliphatic hydroxyl groups is 1. The van der Waals surface area contributed by atoms with Crippen molar-refractivity contribution in [2.24, 2.45) is 0 Å². The van der Waals surface area contributed by atoms with Crippen LogP contribution in [0.1, 0.15) is 30.1 Å². The molecule has 1 atom stereocenters. The lowest BCUT2D eigenvalue weighted by Crippen LogP contribution is -2.27. The van der Waals surface area contributed by atoms with Crippen molar-refractivity contribution < 1.29 is 19.6 Å². The molecule has 0 radical (unpaired) electrons. The summed E-state index contributed by atoms with van der Waals surface area (Å²) in [6, 6.07) is 3.83. The first-order chi connectivity index (χ1) is 9.49. The van der Waals surface area contributed by atoms with Crippen LogP contribution in [-0.2, 0) is 0 Å². The summed E-state index contributed by atoms with van der Waals surface area (Å²) in [5.74, 6) is -0.196. The lowest BCUT2D eigenvalue weighted by molar-refractivity contribution is -0.384. The molecule has 0 aliphatic rings. The van der Waals surface area contributed by atoms with Gasteiger partial charge in [-0.2, -0.15) is 0 Å². The molecular formula is C13H18N2O5. The summed E-state index contributed by atoms with van der Waals surface area (Å²) < 4.78 is 5.02. The molecule has 0 saturated heterocycles. The minimum absolute atomic E-state index is 0.104. The summed E-state index contributed by atoms with van der Waals surface area (Å²) in [5, 5.41) is 22.7. The molecule has 1 aromatic rings. The summed E-state index contributed by atoms with van der Waals surface area (Å²) in [6.45, 7) is 2.13. The summed E-state index contributed by atoms with van der Waals surface area (Å²) in [7, 11) is 1.39. The second-order valence-electron chi connectivity index (χ2n) is 4.25. The van der Waals surface area contributed by atoms with E-state index in [9.17, 15) is 20.0 Å². The van der Waals surface area contributed by atoms with Crippen LogP contribution in [-0.4, -0.2) is 35.7 Å². The third kappa shape index (κ3) is 4.20. The Labute approximate surface area is 116 Å². The molecule has 1 amide bonds. The van der Waals surface area contributed by atoms with E-state index >= 15 is 0 Å². The van der Waals surface area contributed by atoms with Crippen molar-refractivity contribution in [3.63, 3.8) is 0 Å². The first-order valence-electron chi connectivity index (χ1n) is 6.28. The number of non-ortho nitro benzene ring substituents is 1. The fourth-order valence-corrected chi connectivity index (χ4v) is 1.64. The number of nitrogens with zero attached hydrogens (tertiary/aromatic N) is 1. The van der Waals surface area contributed by atoms with Crippen LogP contribution in [0.15, 0.2) is 18.2 Å². The SMILES string of the molecule is CCC(O)CCNC(=O)c1cc([N+](=O)[O-])ccc1OC. The molecule has 0 aliphatic carbocycles. The molecule has 0 bridgehead atoms. The Morgan fingerprint density at radius 2 is 2.25 bits per heavy atom. The molecule has 7 heteroatoms. The Morgan fingerprint density at radius 1 is 1.55 bits per heavy atom. The quantitative estimate of drug-likeness (QED) is 0.582. The van der Waals surface area contributed by atoms with E-state index < -0.39 is 16.9 Å². The molecule has 0 fully saturated rings. The van der Waals surface area contributed by atoms with Gasteiger partial charge in [0.2, 0.25) is 0 Å². The Balaban J connectivity index is 2.79. The maximum atomic E-state index is 12.0. The molecule has 1 unspecified atom stereocenters. The van der Waals surface area contributed by atoms with Crippen LogP contribution in [0.25, 0.3) is 0 Å². The number of hydrogen-bond donors (Lipinski definition) is 2. The summed E-state index contributed by atoms with van der Waals surface area (Å²) >= 11 is 0. The number of aliphatic hydroxyl groups excluding tert-OH is 1. The van der Waals surface area contributed by atoms with Crippen molar-refractivity contribution in [3.8, 4) is 5.75 Å². The lowest BCUT2D eigenvalue weighted by Gasteiger charge is -2.11. The molecule has 0 spiro atoms. The van der Waals surface area contributed by atoms with Gasteiger partial charge in [-0.3, -0.25) is 14.9 Å². The van der Waals surface area contributed by atoms with Gasteiger partial charge in [0.05, 0.1) is 23.7 Å². The van der Waals surface area contributed by atoms with Crippen LogP contribution in [0, 0.1) is 10.1 Å². The molecule has 0 heterocycles. The monoisotopic (exact) mass is 282 g/mol. The third-order valence-corrected chi connectivity index (χ3v) is 2.87. The number of rotatable bonds is 7. The Bertz CT molecular complexity index is 490. The van der Waals surface area contributed by atoms with Crippen LogP contribution in [0.3, 0.4) is 0 Å². The predicted octanol–water partition coefficient (Wildman–Crippen LogP) is 1.49. The maximum Gasteiger partial charge on any atom is 0.270 e. The minimum atomic E-state index is -0.572. The van der Waals surface area contributed by atoms with Crippen molar-refractivity contribution in [1.82, 2.24) is 5.32 Å².